The molecule has 2 heterocycles. The fourth-order valence-electron chi connectivity index (χ4n) is 1.96. The van der Waals surface area contributed by atoms with Crippen LogP contribution in [0.2, 0.25) is 0 Å². The Morgan fingerprint density at radius 2 is 2.08 bits per heavy atom. The molecule has 7 nitrogen and oxygen atoms in total. The van der Waals surface area contributed by atoms with Gasteiger partial charge in [0.15, 0.2) is 5.82 Å². The van der Waals surface area contributed by atoms with E-state index in [1.807, 2.05) is 46.8 Å². The first kappa shape index (κ1) is 17.9. The fraction of sp³-hybridized carbons (Fsp3) is 0.529. The highest BCUT2D eigenvalue weighted by molar-refractivity contribution is 5.68. The molecule has 0 aliphatic heterocycles. The summed E-state index contributed by atoms with van der Waals surface area (Å²) in [6, 6.07) is 3.65. The second kappa shape index (κ2) is 6.98. The van der Waals surface area contributed by atoms with Crippen LogP contribution in [0.5, 0.6) is 0 Å². The summed E-state index contributed by atoms with van der Waals surface area (Å²) < 4.78 is 10.6. The Bertz CT molecular complexity index is 689. The number of pyridine rings is 1. The molecule has 24 heavy (non-hydrogen) atoms. The molecule has 2 aromatic rings. The van der Waals surface area contributed by atoms with Crippen molar-refractivity contribution in [1.82, 2.24) is 20.0 Å². The van der Waals surface area contributed by atoms with Gasteiger partial charge in [0, 0.05) is 31.4 Å². The molecule has 7 heteroatoms. The number of amides is 1. The van der Waals surface area contributed by atoms with Gasteiger partial charge in [0.25, 0.3) is 5.89 Å². The predicted octanol–water partition coefficient (Wildman–Crippen LogP) is 3.24. The van der Waals surface area contributed by atoms with Crippen LogP contribution in [0.25, 0.3) is 11.5 Å². The predicted molar refractivity (Wildman–Crippen MR) is 89.4 cm³/mol. The molecule has 0 N–H and O–H groups in total. The average molecular weight is 332 g/mol. The van der Waals surface area contributed by atoms with Gasteiger partial charge in [0.05, 0.1) is 5.56 Å². The Morgan fingerprint density at radius 1 is 1.38 bits per heavy atom. The molecule has 0 saturated heterocycles. The maximum atomic E-state index is 12.1. The molecule has 0 aliphatic rings. The smallest absolute Gasteiger partial charge is 0.410 e. The van der Waals surface area contributed by atoms with Gasteiger partial charge in [-0.3, -0.25) is 4.98 Å². The van der Waals surface area contributed by atoms with E-state index < -0.39 is 5.60 Å². The van der Waals surface area contributed by atoms with Crippen LogP contribution in [0.1, 0.15) is 39.2 Å². The number of rotatable bonds is 4. The highest BCUT2D eigenvalue weighted by Crippen LogP contribution is 2.17. The van der Waals surface area contributed by atoms with Crippen molar-refractivity contribution in [2.45, 2.75) is 52.7 Å². The van der Waals surface area contributed by atoms with E-state index in [-0.39, 0.29) is 12.1 Å². The molecule has 2 rings (SSSR count). The van der Waals surface area contributed by atoms with Crippen molar-refractivity contribution in [3.05, 3.63) is 29.8 Å². The van der Waals surface area contributed by atoms with E-state index >= 15 is 0 Å². The number of carbonyl (C=O) groups excluding carboxylic acids is 1. The van der Waals surface area contributed by atoms with E-state index in [4.69, 9.17) is 9.26 Å². The molecular weight excluding hydrogens is 308 g/mol. The van der Waals surface area contributed by atoms with Gasteiger partial charge in [-0.25, -0.2) is 4.79 Å². The minimum atomic E-state index is -0.525. The van der Waals surface area contributed by atoms with Crippen molar-refractivity contribution in [3.63, 3.8) is 0 Å². The quantitative estimate of drug-likeness (QED) is 0.855. The van der Waals surface area contributed by atoms with E-state index in [0.29, 0.717) is 18.1 Å². The summed E-state index contributed by atoms with van der Waals surface area (Å²) >= 11 is 0. The van der Waals surface area contributed by atoms with E-state index in [9.17, 15) is 4.79 Å². The molecule has 130 valence electrons. The largest absolute Gasteiger partial charge is 0.444 e. The Labute approximate surface area is 142 Å². The Hall–Kier alpha value is -2.44. The van der Waals surface area contributed by atoms with Gasteiger partial charge in [0.2, 0.25) is 0 Å². The van der Waals surface area contributed by atoms with E-state index in [0.717, 1.165) is 11.3 Å². The van der Waals surface area contributed by atoms with Crippen molar-refractivity contribution in [1.29, 1.82) is 0 Å². The van der Waals surface area contributed by atoms with E-state index in [2.05, 4.69) is 15.1 Å². The summed E-state index contributed by atoms with van der Waals surface area (Å²) in [5, 5.41) is 3.98. The molecule has 0 radical (unpaired) electrons. The van der Waals surface area contributed by atoms with Crippen LogP contribution in [-0.2, 0) is 11.2 Å². The third-order valence-electron chi connectivity index (χ3n) is 3.45. The summed E-state index contributed by atoms with van der Waals surface area (Å²) in [5.74, 6) is 0.957. The third-order valence-corrected chi connectivity index (χ3v) is 3.45. The number of ether oxygens (including phenoxy) is 1. The standard InChI is InChI=1S/C17H24N4O3/c1-11-7-8-13(10-18-11)15-19-14(20-24-15)9-12(2)21(6)16(22)23-17(3,4)5/h7-8,10,12H,9H2,1-6H3. The summed E-state index contributed by atoms with van der Waals surface area (Å²) in [4.78, 5) is 22.2. The number of likely N-dealkylation sites (N-methyl/N-ethyl adjacent to an activating group) is 1. The number of carbonyl (C=O) groups is 1. The van der Waals surface area contributed by atoms with Crippen LogP contribution >= 0.6 is 0 Å². The average Bonchev–Trinajstić information content (AvgIpc) is 2.93. The first-order valence-electron chi connectivity index (χ1n) is 7.87. The minimum Gasteiger partial charge on any atom is -0.444 e. The maximum Gasteiger partial charge on any atom is 0.410 e. The zero-order valence-electron chi connectivity index (χ0n) is 15.0. The number of hydrogen-bond donors (Lipinski definition) is 0. The lowest BCUT2D eigenvalue weighted by Gasteiger charge is -2.28. The molecule has 2 aromatic heterocycles. The highest BCUT2D eigenvalue weighted by atomic mass is 16.6. The van der Waals surface area contributed by atoms with Crippen LogP contribution in [0.4, 0.5) is 4.79 Å². The monoisotopic (exact) mass is 332 g/mol. The van der Waals surface area contributed by atoms with Crippen molar-refractivity contribution in [3.8, 4) is 11.5 Å². The maximum absolute atomic E-state index is 12.1. The molecule has 0 fully saturated rings. The minimum absolute atomic E-state index is 0.124. The van der Waals surface area contributed by atoms with Crippen LogP contribution < -0.4 is 0 Å². The van der Waals surface area contributed by atoms with Gasteiger partial charge in [-0.05, 0) is 46.8 Å². The first-order valence-corrected chi connectivity index (χ1v) is 7.87. The van der Waals surface area contributed by atoms with Crippen LogP contribution in [0.15, 0.2) is 22.9 Å². The summed E-state index contributed by atoms with van der Waals surface area (Å²) in [6.45, 7) is 9.34. The Balaban J connectivity index is 2.01. The van der Waals surface area contributed by atoms with Crippen LogP contribution in [0.3, 0.4) is 0 Å². The normalized spacial score (nSPS) is 12.8. The summed E-state index contributed by atoms with van der Waals surface area (Å²) in [5.41, 5.74) is 1.17. The number of hydrogen-bond acceptors (Lipinski definition) is 6. The molecule has 1 atom stereocenters. The molecule has 0 spiro atoms. The molecule has 0 bridgehead atoms. The lowest BCUT2D eigenvalue weighted by molar-refractivity contribution is 0.0234. The molecular formula is C17H24N4O3. The Morgan fingerprint density at radius 3 is 2.67 bits per heavy atom. The molecule has 1 unspecified atom stereocenters. The van der Waals surface area contributed by atoms with Gasteiger partial charge in [-0.15, -0.1) is 0 Å². The van der Waals surface area contributed by atoms with E-state index in [1.54, 1.807) is 13.2 Å². The van der Waals surface area contributed by atoms with Crippen molar-refractivity contribution >= 4 is 6.09 Å². The van der Waals surface area contributed by atoms with Gasteiger partial charge < -0.3 is 14.2 Å². The van der Waals surface area contributed by atoms with Crippen molar-refractivity contribution in [2.75, 3.05) is 7.05 Å². The number of nitrogens with zero attached hydrogens (tertiary/aromatic N) is 4. The lowest BCUT2D eigenvalue weighted by atomic mass is 10.2. The van der Waals surface area contributed by atoms with Crippen LogP contribution in [0, 0.1) is 6.92 Å². The SMILES string of the molecule is Cc1ccc(-c2nc(CC(C)N(C)C(=O)OC(C)(C)C)no2)cn1. The van der Waals surface area contributed by atoms with Gasteiger partial charge in [0.1, 0.15) is 5.60 Å². The second-order valence-electron chi connectivity index (χ2n) is 6.85. The van der Waals surface area contributed by atoms with Crippen molar-refractivity contribution < 1.29 is 14.1 Å². The van der Waals surface area contributed by atoms with E-state index in [1.165, 1.54) is 4.90 Å². The van der Waals surface area contributed by atoms with Gasteiger partial charge in [-0.2, -0.15) is 4.98 Å². The fourth-order valence-corrected chi connectivity index (χ4v) is 1.96. The molecule has 0 aromatic carbocycles. The third kappa shape index (κ3) is 4.78. The van der Waals surface area contributed by atoms with Gasteiger partial charge >= 0.3 is 6.09 Å². The Kier molecular flexibility index (Phi) is 5.21. The number of aryl methyl sites for hydroxylation is 1. The zero-order chi connectivity index (χ0) is 17.9. The molecule has 0 saturated carbocycles. The molecule has 0 aliphatic carbocycles. The van der Waals surface area contributed by atoms with Gasteiger partial charge in [-0.1, -0.05) is 5.16 Å². The zero-order valence-corrected chi connectivity index (χ0v) is 15.0. The summed E-state index contributed by atoms with van der Waals surface area (Å²) in [6.07, 6.45) is 1.79. The van der Waals surface area contributed by atoms with Crippen LogP contribution in [-0.4, -0.2) is 44.8 Å². The second-order valence-corrected chi connectivity index (χ2v) is 6.85. The number of aromatic nitrogens is 3. The molecule has 1 amide bonds. The lowest BCUT2D eigenvalue weighted by Crippen LogP contribution is -2.40. The first-order chi connectivity index (χ1) is 11.2. The highest BCUT2D eigenvalue weighted by Gasteiger charge is 2.24. The summed E-state index contributed by atoms with van der Waals surface area (Å²) in [7, 11) is 1.70. The van der Waals surface area contributed by atoms with Crippen molar-refractivity contribution in [2.24, 2.45) is 0 Å². The topological polar surface area (TPSA) is 81.4 Å².